The molecular weight excluding hydrogens is 181 g/mol. The van der Waals surface area contributed by atoms with Crippen LogP contribution in [0.15, 0.2) is 24.3 Å². The number of carboxylic acids is 1. The average molecular weight is 187 g/mol. The molecule has 3 heteroatoms. The summed E-state index contributed by atoms with van der Waals surface area (Å²) in [7, 11) is 0. The van der Waals surface area contributed by atoms with Gasteiger partial charge in [0.25, 0.3) is 0 Å². The quantitative estimate of drug-likeness (QED) is 0.528. The predicted molar refractivity (Wildman–Crippen MR) is 32.2 cm³/mol. The summed E-state index contributed by atoms with van der Waals surface area (Å²) in [6, 6.07) is 8.87. The van der Waals surface area contributed by atoms with Crippen LogP contribution in [0.25, 0.3) is 0 Å². The molecule has 0 bridgehead atoms. The number of hydrogen-bond acceptors (Lipinski definition) is 1. The minimum atomic E-state index is -0.899. The van der Waals surface area contributed by atoms with Crippen LogP contribution in [-0.2, 0) is 19.5 Å². The third-order valence-electron chi connectivity index (χ3n) is 0.965. The normalized spacial score (nSPS) is 8.00. The van der Waals surface area contributed by atoms with E-state index in [1.807, 2.05) is 0 Å². The fourth-order valence-corrected chi connectivity index (χ4v) is 0.529. The van der Waals surface area contributed by atoms with Gasteiger partial charge in [0.2, 0.25) is 0 Å². The van der Waals surface area contributed by atoms with Gasteiger partial charge < -0.3 is 5.11 Å². The van der Waals surface area contributed by atoms with E-state index >= 15 is 0 Å². The van der Waals surface area contributed by atoms with Gasteiger partial charge in [-0.25, -0.2) is 4.79 Å². The SMILES string of the molecule is O=C(O)c1cc[c-]cc1.[Zn]. The van der Waals surface area contributed by atoms with Gasteiger partial charge in [0, 0.05) is 19.5 Å². The first-order valence-corrected chi connectivity index (χ1v) is 2.50. The molecule has 1 N–H and O–H groups in total. The summed E-state index contributed by atoms with van der Waals surface area (Å²) < 4.78 is 0. The molecule has 48 valence electrons. The topological polar surface area (TPSA) is 37.3 Å². The van der Waals surface area contributed by atoms with Crippen LogP contribution in [0.5, 0.6) is 0 Å². The van der Waals surface area contributed by atoms with Crippen molar-refractivity contribution in [2.45, 2.75) is 0 Å². The molecule has 1 rings (SSSR count). The Hall–Kier alpha value is -0.687. The van der Waals surface area contributed by atoms with E-state index in [1.165, 1.54) is 12.1 Å². The molecule has 0 aliphatic rings. The molecule has 1 aromatic rings. The molecule has 0 unspecified atom stereocenters. The second-order valence-corrected chi connectivity index (χ2v) is 1.59. The summed E-state index contributed by atoms with van der Waals surface area (Å²) in [5.74, 6) is -0.899. The van der Waals surface area contributed by atoms with Crippen molar-refractivity contribution >= 4 is 5.97 Å². The van der Waals surface area contributed by atoms with Crippen molar-refractivity contribution in [3.8, 4) is 0 Å². The summed E-state index contributed by atoms with van der Waals surface area (Å²) >= 11 is 0. The summed E-state index contributed by atoms with van der Waals surface area (Å²) in [4.78, 5) is 10.2. The van der Waals surface area contributed by atoms with E-state index in [2.05, 4.69) is 6.07 Å². The van der Waals surface area contributed by atoms with E-state index < -0.39 is 5.97 Å². The van der Waals surface area contributed by atoms with Crippen LogP contribution >= 0.6 is 0 Å². The fourth-order valence-electron chi connectivity index (χ4n) is 0.529. The molecule has 0 fully saturated rings. The average Bonchev–Trinajstić information content (AvgIpc) is 1.90. The van der Waals surface area contributed by atoms with E-state index in [4.69, 9.17) is 5.11 Å². The van der Waals surface area contributed by atoms with E-state index in [-0.39, 0.29) is 19.5 Å². The molecule has 0 aliphatic heterocycles. The molecular formula is C7H5O2Zn-. The second-order valence-electron chi connectivity index (χ2n) is 1.59. The van der Waals surface area contributed by atoms with E-state index in [0.29, 0.717) is 5.56 Å². The van der Waals surface area contributed by atoms with Crippen molar-refractivity contribution in [2.75, 3.05) is 0 Å². The molecule has 0 heterocycles. The third-order valence-corrected chi connectivity index (χ3v) is 0.965. The Balaban J connectivity index is 0.000000810. The van der Waals surface area contributed by atoms with Crippen molar-refractivity contribution in [3.63, 3.8) is 0 Å². The maximum Gasteiger partial charge on any atom is 0.311 e. The van der Waals surface area contributed by atoms with Crippen LogP contribution < -0.4 is 0 Å². The van der Waals surface area contributed by atoms with Crippen LogP contribution in [0.4, 0.5) is 0 Å². The minimum absolute atomic E-state index is 0. The molecule has 0 aromatic heterocycles. The molecule has 0 atom stereocenters. The zero-order valence-corrected chi connectivity index (χ0v) is 8.34. The number of rotatable bonds is 1. The monoisotopic (exact) mass is 185 g/mol. The van der Waals surface area contributed by atoms with Crippen LogP contribution in [0.1, 0.15) is 10.4 Å². The molecule has 2 nitrogen and oxygen atoms in total. The van der Waals surface area contributed by atoms with Gasteiger partial charge in [-0.15, -0.1) is 0 Å². The minimum Gasteiger partial charge on any atom is -0.479 e. The Labute approximate surface area is 71.6 Å². The van der Waals surface area contributed by atoms with Gasteiger partial charge in [0.05, 0.1) is 0 Å². The van der Waals surface area contributed by atoms with Gasteiger partial charge in [0.1, 0.15) is 0 Å². The van der Waals surface area contributed by atoms with Crippen molar-refractivity contribution < 1.29 is 29.4 Å². The maximum absolute atomic E-state index is 10.2. The fraction of sp³-hybridized carbons (Fsp3) is 0. The summed E-state index contributed by atoms with van der Waals surface area (Å²) in [6.07, 6.45) is 0. The number of carboxylic acid groups (broad SMARTS) is 1. The van der Waals surface area contributed by atoms with E-state index in [1.54, 1.807) is 12.1 Å². The van der Waals surface area contributed by atoms with Gasteiger partial charge >= 0.3 is 5.97 Å². The molecule has 0 spiro atoms. The molecule has 10 heavy (non-hydrogen) atoms. The van der Waals surface area contributed by atoms with Crippen LogP contribution in [0.2, 0.25) is 0 Å². The Bertz CT molecular complexity index is 208. The zero-order valence-electron chi connectivity index (χ0n) is 5.37. The molecule has 0 aliphatic carbocycles. The number of hydrogen-bond donors (Lipinski definition) is 1. The first-order valence-electron chi connectivity index (χ1n) is 2.50. The van der Waals surface area contributed by atoms with Crippen molar-refractivity contribution in [3.05, 3.63) is 35.9 Å². The molecule has 0 saturated heterocycles. The largest absolute Gasteiger partial charge is 0.479 e. The third kappa shape index (κ3) is 2.28. The molecule has 1 aromatic carbocycles. The first kappa shape index (κ1) is 9.31. The predicted octanol–water partition coefficient (Wildman–Crippen LogP) is 1.18. The number of aromatic carboxylic acids is 1. The van der Waals surface area contributed by atoms with Crippen molar-refractivity contribution in [1.29, 1.82) is 0 Å². The zero-order chi connectivity index (χ0) is 6.69. The summed E-state index contributed by atoms with van der Waals surface area (Å²) in [5, 5.41) is 8.37. The Kier molecular flexibility index (Phi) is 3.89. The van der Waals surface area contributed by atoms with E-state index in [9.17, 15) is 4.79 Å². The Morgan fingerprint density at radius 2 is 1.90 bits per heavy atom. The molecule has 0 amide bonds. The second kappa shape index (κ2) is 4.18. The Morgan fingerprint density at radius 1 is 1.40 bits per heavy atom. The van der Waals surface area contributed by atoms with Crippen molar-refractivity contribution in [2.24, 2.45) is 0 Å². The Morgan fingerprint density at radius 3 is 2.20 bits per heavy atom. The number of carbonyl (C=O) groups is 1. The van der Waals surface area contributed by atoms with Gasteiger partial charge in [-0.1, -0.05) is 0 Å². The number of benzene rings is 1. The standard InChI is InChI=1S/C7H5O2.Zn/c8-7(9)6-4-2-1-3-5-6;/h2-5H,(H,8,9);/q-1;. The van der Waals surface area contributed by atoms with Gasteiger partial charge in [-0.3, -0.25) is 0 Å². The van der Waals surface area contributed by atoms with Crippen molar-refractivity contribution in [1.82, 2.24) is 0 Å². The van der Waals surface area contributed by atoms with Crippen LogP contribution in [-0.4, -0.2) is 11.1 Å². The summed E-state index contributed by atoms with van der Waals surface area (Å²) in [5.41, 5.74) is 0.300. The van der Waals surface area contributed by atoms with Crippen LogP contribution in [0, 0.1) is 6.07 Å². The van der Waals surface area contributed by atoms with Gasteiger partial charge in [-0.05, 0) is 5.56 Å². The van der Waals surface area contributed by atoms with Gasteiger partial charge in [0.15, 0.2) is 0 Å². The van der Waals surface area contributed by atoms with Gasteiger partial charge in [-0.2, -0.15) is 30.3 Å². The maximum atomic E-state index is 10.2. The smallest absolute Gasteiger partial charge is 0.311 e. The van der Waals surface area contributed by atoms with E-state index in [0.717, 1.165) is 0 Å². The van der Waals surface area contributed by atoms with Crippen LogP contribution in [0.3, 0.4) is 0 Å². The summed E-state index contributed by atoms with van der Waals surface area (Å²) in [6.45, 7) is 0. The first-order chi connectivity index (χ1) is 4.30. The molecule has 0 radical (unpaired) electrons. The molecule has 0 saturated carbocycles.